The van der Waals surface area contributed by atoms with Crippen molar-refractivity contribution in [3.8, 4) is 23.0 Å². The Labute approximate surface area is 246 Å². The van der Waals surface area contributed by atoms with Crippen molar-refractivity contribution in [1.82, 2.24) is 0 Å². The van der Waals surface area contributed by atoms with Crippen molar-refractivity contribution in [3.63, 3.8) is 0 Å². The van der Waals surface area contributed by atoms with Gasteiger partial charge in [0.15, 0.2) is 0 Å². The van der Waals surface area contributed by atoms with Crippen LogP contribution in [0, 0.1) is 0 Å². The molecule has 0 aliphatic carbocycles. The first kappa shape index (κ1) is 30.2. The lowest BCUT2D eigenvalue weighted by molar-refractivity contribution is 0.378. The van der Waals surface area contributed by atoms with Crippen LogP contribution in [0.1, 0.15) is 63.6 Å². The molecule has 3 aromatic carbocycles. The van der Waals surface area contributed by atoms with E-state index in [1.807, 2.05) is 18.2 Å². The SMILES string of the molecule is CCCN1c2cc(N(CC)CC)cc(OC)c2C(c2c(OC)cccc2OC)c2c(OC)cc(N(CC)CC)cc21. The predicted molar refractivity (Wildman–Crippen MR) is 171 cm³/mol. The van der Waals surface area contributed by atoms with Crippen LogP contribution in [-0.4, -0.2) is 61.2 Å². The standard InChI is InChI=1S/C34H47N3O4/c1-10-18-37-25-19-23(35(11-2)12-3)21-29(40-8)31(25)34(33-27(38-6)16-15-17-28(33)39-7)32-26(37)20-24(22-30(32)41-9)36(13-4)14-5/h15-17,19-22,34H,10-14,18H2,1-9H3. The summed E-state index contributed by atoms with van der Waals surface area (Å²) in [6, 6.07) is 15.0. The fourth-order valence-electron chi connectivity index (χ4n) is 6.29. The lowest BCUT2D eigenvalue weighted by atomic mass is 9.78. The maximum absolute atomic E-state index is 6.22. The van der Waals surface area contributed by atoms with Crippen LogP contribution >= 0.6 is 0 Å². The summed E-state index contributed by atoms with van der Waals surface area (Å²) in [5.41, 5.74) is 7.69. The molecule has 41 heavy (non-hydrogen) atoms. The second-order valence-electron chi connectivity index (χ2n) is 10.2. The minimum atomic E-state index is -0.249. The molecule has 0 atom stereocenters. The zero-order valence-corrected chi connectivity index (χ0v) is 26.3. The van der Waals surface area contributed by atoms with E-state index in [2.05, 4.69) is 73.6 Å². The van der Waals surface area contributed by atoms with Gasteiger partial charge in [-0.25, -0.2) is 0 Å². The third-order valence-electron chi connectivity index (χ3n) is 8.27. The fourth-order valence-corrected chi connectivity index (χ4v) is 6.29. The van der Waals surface area contributed by atoms with Crippen molar-refractivity contribution in [2.75, 3.05) is 75.9 Å². The quantitative estimate of drug-likeness (QED) is 0.215. The van der Waals surface area contributed by atoms with Gasteiger partial charge in [-0.2, -0.15) is 0 Å². The second-order valence-corrected chi connectivity index (χ2v) is 10.2. The number of rotatable bonds is 13. The molecule has 0 spiro atoms. The normalized spacial score (nSPS) is 12.5. The average molecular weight is 562 g/mol. The average Bonchev–Trinajstić information content (AvgIpc) is 3.01. The van der Waals surface area contributed by atoms with Crippen LogP contribution in [0.5, 0.6) is 23.0 Å². The van der Waals surface area contributed by atoms with Crippen LogP contribution in [0.4, 0.5) is 22.7 Å². The summed E-state index contributed by atoms with van der Waals surface area (Å²) in [7, 11) is 6.96. The molecule has 7 heteroatoms. The Morgan fingerprint density at radius 1 is 0.585 bits per heavy atom. The van der Waals surface area contributed by atoms with Crippen molar-refractivity contribution >= 4 is 22.7 Å². The van der Waals surface area contributed by atoms with Crippen molar-refractivity contribution < 1.29 is 18.9 Å². The maximum Gasteiger partial charge on any atom is 0.127 e. The largest absolute Gasteiger partial charge is 0.496 e. The molecular weight excluding hydrogens is 514 g/mol. The Hall–Kier alpha value is -3.74. The maximum atomic E-state index is 6.22. The van der Waals surface area contributed by atoms with Gasteiger partial charge >= 0.3 is 0 Å². The lowest BCUT2D eigenvalue weighted by Gasteiger charge is -2.41. The molecule has 1 aliphatic rings. The number of methoxy groups -OCH3 is 4. The van der Waals surface area contributed by atoms with Crippen LogP contribution < -0.4 is 33.6 Å². The molecule has 0 fully saturated rings. The summed E-state index contributed by atoms with van der Waals surface area (Å²) in [6.07, 6.45) is 0.983. The monoisotopic (exact) mass is 561 g/mol. The Morgan fingerprint density at radius 2 is 1.00 bits per heavy atom. The van der Waals surface area contributed by atoms with E-state index in [0.717, 1.165) is 102 Å². The van der Waals surface area contributed by atoms with E-state index in [4.69, 9.17) is 18.9 Å². The van der Waals surface area contributed by atoms with E-state index in [-0.39, 0.29) is 5.92 Å². The van der Waals surface area contributed by atoms with Crippen LogP contribution in [0.25, 0.3) is 0 Å². The highest BCUT2D eigenvalue weighted by Crippen LogP contribution is 2.59. The molecule has 222 valence electrons. The van der Waals surface area contributed by atoms with E-state index in [0.29, 0.717) is 0 Å². The van der Waals surface area contributed by atoms with Gasteiger partial charge in [0.1, 0.15) is 23.0 Å². The number of fused-ring (bicyclic) bond motifs is 2. The first-order valence-electron chi connectivity index (χ1n) is 14.9. The van der Waals surface area contributed by atoms with E-state index in [1.165, 1.54) is 0 Å². The van der Waals surface area contributed by atoms with Gasteiger partial charge in [0.25, 0.3) is 0 Å². The van der Waals surface area contributed by atoms with Crippen molar-refractivity contribution in [2.24, 2.45) is 0 Å². The molecule has 7 nitrogen and oxygen atoms in total. The number of benzene rings is 3. The third-order valence-corrected chi connectivity index (χ3v) is 8.27. The van der Waals surface area contributed by atoms with E-state index in [9.17, 15) is 0 Å². The van der Waals surface area contributed by atoms with Gasteiger partial charge in [0, 0.05) is 72.9 Å². The van der Waals surface area contributed by atoms with Gasteiger partial charge in [-0.1, -0.05) is 13.0 Å². The summed E-state index contributed by atoms with van der Waals surface area (Å²) in [4.78, 5) is 7.19. The highest BCUT2D eigenvalue weighted by molar-refractivity contribution is 5.87. The van der Waals surface area contributed by atoms with E-state index >= 15 is 0 Å². The van der Waals surface area contributed by atoms with Crippen LogP contribution in [0.2, 0.25) is 0 Å². The van der Waals surface area contributed by atoms with Gasteiger partial charge in [-0.05, 0) is 58.4 Å². The smallest absolute Gasteiger partial charge is 0.127 e. The number of nitrogens with zero attached hydrogens (tertiary/aromatic N) is 3. The molecule has 0 aromatic heterocycles. The Balaban J connectivity index is 2.20. The minimum Gasteiger partial charge on any atom is -0.496 e. The van der Waals surface area contributed by atoms with Crippen molar-refractivity contribution in [1.29, 1.82) is 0 Å². The topological polar surface area (TPSA) is 46.6 Å². The molecule has 1 aliphatic heterocycles. The molecule has 0 saturated carbocycles. The molecule has 0 radical (unpaired) electrons. The molecule has 4 rings (SSSR count). The van der Waals surface area contributed by atoms with Crippen LogP contribution in [0.3, 0.4) is 0 Å². The highest BCUT2D eigenvalue weighted by Gasteiger charge is 2.40. The Morgan fingerprint density at radius 3 is 1.34 bits per heavy atom. The molecule has 0 unspecified atom stereocenters. The van der Waals surface area contributed by atoms with Gasteiger partial charge in [-0.15, -0.1) is 0 Å². The van der Waals surface area contributed by atoms with Crippen LogP contribution in [-0.2, 0) is 0 Å². The van der Waals surface area contributed by atoms with E-state index in [1.54, 1.807) is 28.4 Å². The lowest BCUT2D eigenvalue weighted by Crippen LogP contribution is -2.30. The number of hydrogen-bond acceptors (Lipinski definition) is 7. The van der Waals surface area contributed by atoms with Gasteiger partial charge in [0.2, 0.25) is 0 Å². The molecule has 3 aromatic rings. The van der Waals surface area contributed by atoms with Crippen LogP contribution in [0.15, 0.2) is 42.5 Å². The predicted octanol–water partition coefficient (Wildman–Crippen LogP) is 7.46. The van der Waals surface area contributed by atoms with Gasteiger partial charge < -0.3 is 33.6 Å². The summed E-state index contributed by atoms with van der Waals surface area (Å²) in [6.45, 7) is 15.5. The molecule has 0 amide bonds. The molecule has 0 N–H and O–H groups in total. The third kappa shape index (κ3) is 5.34. The first-order valence-corrected chi connectivity index (χ1v) is 14.9. The van der Waals surface area contributed by atoms with Gasteiger partial charge in [-0.3, -0.25) is 0 Å². The molecular formula is C34H47N3O4. The second kappa shape index (κ2) is 13.3. The molecule has 0 bridgehead atoms. The van der Waals surface area contributed by atoms with E-state index < -0.39 is 0 Å². The summed E-state index contributed by atoms with van der Waals surface area (Å²) in [5.74, 6) is 2.95. The van der Waals surface area contributed by atoms with Crippen molar-refractivity contribution in [2.45, 2.75) is 47.0 Å². The number of anilines is 4. The summed E-state index contributed by atoms with van der Waals surface area (Å²) >= 11 is 0. The summed E-state index contributed by atoms with van der Waals surface area (Å²) < 4.78 is 24.4. The number of hydrogen-bond donors (Lipinski definition) is 0. The molecule has 0 saturated heterocycles. The zero-order chi connectivity index (χ0) is 29.7. The number of ether oxygens (including phenoxy) is 4. The summed E-state index contributed by atoms with van der Waals surface area (Å²) in [5, 5.41) is 0. The zero-order valence-electron chi connectivity index (χ0n) is 26.3. The Bertz CT molecular complexity index is 1240. The Kier molecular flexibility index (Phi) is 9.79. The highest BCUT2D eigenvalue weighted by atomic mass is 16.5. The first-order chi connectivity index (χ1) is 20.0. The minimum absolute atomic E-state index is 0.249. The fraction of sp³-hybridized carbons (Fsp3) is 0.471. The molecule has 1 heterocycles. The van der Waals surface area contributed by atoms with Crippen molar-refractivity contribution in [3.05, 3.63) is 59.2 Å². The van der Waals surface area contributed by atoms with Gasteiger partial charge in [0.05, 0.1) is 45.7 Å².